The Bertz CT molecular complexity index is 1320. The molecular formula is C26H31N5O5S. The van der Waals surface area contributed by atoms with Crippen molar-refractivity contribution in [3.63, 3.8) is 0 Å². The SMILES string of the molecule is CCC(C)(C)NC(=O)C(c1ccc(O)cc1)N(C(=O)c1snc(C(N)=O)c1N)c1cc(C)ccc1OC. The van der Waals surface area contributed by atoms with Crippen LogP contribution in [0.25, 0.3) is 0 Å². The van der Waals surface area contributed by atoms with E-state index in [0.717, 1.165) is 17.1 Å². The number of anilines is 2. The van der Waals surface area contributed by atoms with E-state index in [2.05, 4.69) is 9.69 Å². The lowest BCUT2D eigenvalue weighted by Gasteiger charge is -2.35. The Kier molecular flexibility index (Phi) is 8.07. The Balaban J connectivity index is 2.31. The van der Waals surface area contributed by atoms with Gasteiger partial charge in [0.2, 0.25) is 5.91 Å². The van der Waals surface area contributed by atoms with Gasteiger partial charge in [-0.25, -0.2) is 0 Å². The van der Waals surface area contributed by atoms with Crippen molar-refractivity contribution in [3.05, 3.63) is 64.2 Å². The Morgan fingerprint density at radius 3 is 2.38 bits per heavy atom. The molecule has 11 heteroatoms. The van der Waals surface area contributed by atoms with Gasteiger partial charge in [-0.05, 0) is 74.1 Å². The quantitative estimate of drug-likeness (QED) is 0.332. The number of nitrogens with zero attached hydrogens (tertiary/aromatic N) is 2. The fraction of sp³-hybridized carbons (Fsp3) is 0.308. The van der Waals surface area contributed by atoms with Gasteiger partial charge in [0, 0.05) is 5.54 Å². The summed E-state index contributed by atoms with van der Waals surface area (Å²) in [6, 6.07) is 10.0. The first kappa shape index (κ1) is 27.5. The molecule has 10 nitrogen and oxygen atoms in total. The molecule has 3 aromatic rings. The first-order chi connectivity index (χ1) is 17.4. The summed E-state index contributed by atoms with van der Waals surface area (Å²) in [6.07, 6.45) is 0.631. The van der Waals surface area contributed by atoms with E-state index in [1.807, 2.05) is 33.8 Å². The lowest BCUT2D eigenvalue weighted by atomic mass is 9.97. The molecule has 3 amide bonds. The highest BCUT2D eigenvalue weighted by molar-refractivity contribution is 7.09. The first-order valence-corrected chi connectivity index (χ1v) is 12.3. The van der Waals surface area contributed by atoms with Crippen LogP contribution >= 0.6 is 11.5 Å². The molecule has 6 N–H and O–H groups in total. The number of aromatic hydroxyl groups is 1. The smallest absolute Gasteiger partial charge is 0.273 e. The Hall–Kier alpha value is -4.12. The van der Waals surface area contributed by atoms with Crippen molar-refractivity contribution >= 4 is 40.6 Å². The average molecular weight is 526 g/mol. The molecule has 0 saturated carbocycles. The number of ether oxygens (including phenoxy) is 1. The third kappa shape index (κ3) is 5.83. The summed E-state index contributed by atoms with van der Waals surface area (Å²) >= 11 is 0.718. The minimum Gasteiger partial charge on any atom is -0.508 e. The number of carbonyl (C=O) groups is 3. The molecule has 0 aliphatic rings. The van der Waals surface area contributed by atoms with E-state index < -0.39 is 29.3 Å². The number of hydrogen-bond donors (Lipinski definition) is 4. The van der Waals surface area contributed by atoms with Crippen LogP contribution in [-0.2, 0) is 4.79 Å². The Morgan fingerprint density at radius 2 is 1.84 bits per heavy atom. The van der Waals surface area contributed by atoms with Crippen LogP contribution < -0.4 is 26.4 Å². The molecule has 37 heavy (non-hydrogen) atoms. The van der Waals surface area contributed by atoms with E-state index in [4.69, 9.17) is 16.2 Å². The first-order valence-electron chi connectivity index (χ1n) is 11.5. The number of aromatic nitrogens is 1. The van der Waals surface area contributed by atoms with Gasteiger partial charge in [-0.3, -0.25) is 19.3 Å². The maximum absolute atomic E-state index is 14.2. The zero-order valence-electron chi connectivity index (χ0n) is 21.4. The molecule has 196 valence electrons. The van der Waals surface area contributed by atoms with Gasteiger partial charge in [-0.2, -0.15) is 4.37 Å². The number of aryl methyl sites for hydroxylation is 1. The highest BCUT2D eigenvalue weighted by atomic mass is 32.1. The fourth-order valence-corrected chi connectivity index (χ4v) is 4.40. The minimum atomic E-state index is -1.20. The normalized spacial score (nSPS) is 12.0. The van der Waals surface area contributed by atoms with Crippen LogP contribution in [0.15, 0.2) is 42.5 Å². The number of nitrogen functional groups attached to an aromatic ring is 1. The van der Waals surface area contributed by atoms with E-state index in [1.54, 1.807) is 24.3 Å². The number of methoxy groups -OCH3 is 1. The fourth-order valence-electron chi connectivity index (χ4n) is 3.66. The number of rotatable bonds is 9. The van der Waals surface area contributed by atoms with E-state index in [9.17, 15) is 19.5 Å². The third-order valence-corrected chi connectivity index (χ3v) is 6.88. The molecule has 0 fully saturated rings. The molecule has 1 heterocycles. The lowest BCUT2D eigenvalue weighted by Crippen LogP contribution is -2.50. The van der Waals surface area contributed by atoms with Gasteiger partial charge in [0.1, 0.15) is 22.4 Å². The van der Waals surface area contributed by atoms with E-state index in [-0.39, 0.29) is 22.0 Å². The van der Waals surface area contributed by atoms with Crippen LogP contribution in [0, 0.1) is 6.92 Å². The highest BCUT2D eigenvalue weighted by Gasteiger charge is 2.38. The Labute approximate surface area is 219 Å². The van der Waals surface area contributed by atoms with Crippen molar-refractivity contribution < 1.29 is 24.2 Å². The van der Waals surface area contributed by atoms with Crippen molar-refractivity contribution in [2.24, 2.45) is 5.73 Å². The van der Waals surface area contributed by atoms with Crippen molar-refractivity contribution in [2.75, 3.05) is 17.7 Å². The molecule has 0 radical (unpaired) electrons. The van der Waals surface area contributed by atoms with Crippen LogP contribution in [0.5, 0.6) is 11.5 Å². The summed E-state index contributed by atoms with van der Waals surface area (Å²) in [5.41, 5.74) is 12.1. The van der Waals surface area contributed by atoms with Gasteiger partial charge in [0.05, 0.1) is 18.5 Å². The number of hydrogen-bond acceptors (Lipinski definition) is 8. The molecule has 1 atom stereocenters. The second-order valence-electron chi connectivity index (χ2n) is 9.21. The summed E-state index contributed by atoms with van der Waals surface area (Å²) in [5, 5.41) is 12.9. The number of primary amides is 1. The van der Waals surface area contributed by atoms with Crippen LogP contribution in [0.2, 0.25) is 0 Å². The monoisotopic (exact) mass is 525 g/mol. The molecule has 0 aliphatic carbocycles. The van der Waals surface area contributed by atoms with Gasteiger partial charge in [-0.15, -0.1) is 0 Å². The lowest BCUT2D eigenvalue weighted by molar-refractivity contribution is -0.124. The van der Waals surface area contributed by atoms with E-state index in [0.29, 0.717) is 23.4 Å². The third-order valence-electron chi connectivity index (χ3n) is 6.03. The minimum absolute atomic E-state index is 0.000565. The summed E-state index contributed by atoms with van der Waals surface area (Å²) in [7, 11) is 1.46. The van der Waals surface area contributed by atoms with Crippen molar-refractivity contribution in [1.82, 2.24) is 9.69 Å². The van der Waals surface area contributed by atoms with Crippen molar-refractivity contribution in [1.29, 1.82) is 0 Å². The molecule has 3 rings (SSSR count). The van der Waals surface area contributed by atoms with Crippen LogP contribution in [0.3, 0.4) is 0 Å². The standard InChI is InChI=1S/C26H31N5O5S/c1-6-26(3,4)29-24(34)21(15-8-10-16(32)11-9-15)31(17-13-14(2)7-12-18(17)36-5)25(35)22-19(27)20(23(28)33)30-37-22/h7-13,21,32H,6,27H2,1-5H3,(H2,28,33)(H,29,34). The van der Waals surface area contributed by atoms with E-state index >= 15 is 0 Å². The number of phenols is 1. The van der Waals surface area contributed by atoms with Crippen molar-refractivity contribution in [3.8, 4) is 11.5 Å². The van der Waals surface area contributed by atoms with Crippen LogP contribution in [0.4, 0.5) is 11.4 Å². The summed E-state index contributed by atoms with van der Waals surface area (Å²) in [4.78, 5) is 41.1. The second-order valence-corrected chi connectivity index (χ2v) is 9.98. The molecule has 2 aromatic carbocycles. The number of amides is 3. The van der Waals surface area contributed by atoms with E-state index in [1.165, 1.54) is 24.1 Å². The van der Waals surface area contributed by atoms with Gasteiger partial charge in [0.25, 0.3) is 11.8 Å². The molecule has 0 bridgehead atoms. The van der Waals surface area contributed by atoms with Gasteiger partial charge >= 0.3 is 0 Å². The second kappa shape index (κ2) is 10.9. The summed E-state index contributed by atoms with van der Waals surface area (Å²) in [5.74, 6) is -1.67. The summed E-state index contributed by atoms with van der Waals surface area (Å²) < 4.78 is 9.53. The zero-order chi connectivity index (χ0) is 27.5. The van der Waals surface area contributed by atoms with Crippen LogP contribution in [0.1, 0.15) is 64.5 Å². The predicted octanol–water partition coefficient (Wildman–Crippen LogP) is 3.54. The number of nitrogens with two attached hydrogens (primary N) is 2. The molecule has 0 saturated heterocycles. The summed E-state index contributed by atoms with van der Waals surface area (Å²) in [6.45, 7) is 7.52. The number of benzene rings is 2. The topological polar surface area (TPSA) is 161 Å². The molecule has 1 unspecified atom stereocenters. The highest BCUT2D eigenvalue weighted by Crippen LogP contribution is 2.39. The molecule has 0 aliphatic heterocycles. The number of nitrogens with one attached hydrogen (secondary N) is 1. The maximum Gasteiger partial charge on any atom is 0.273 e. The molecular weight excluding hydrogens is 494 g/mol. The maximum atomic E-state index is 14.2. The number of phenolic OH excluding ortho intramolecular Hbond substituents is 1. The van der Waals surface area contributed by atoms with Gasteiger partial charge < -0.3 is 26.6 Å². The Morgan fingerprint density at radius 1 is 1.19 bits per heavy atom. The van der Waals surface area contributed by atoms with Gasteiger partial charge in [-0.1, -0.05) is 25.1 Å². The van der Waals surface area contributed by atoms with Crippen LogP contribution in [-0.4, -0.2) is 39.9 Å². The van der Waals surface area contributed by atoms with Gasteiger partial charge in [0.15, 0.2) is 5.69 Å². The zero-order valence-corrected chi connectivity index (χ0v) is 22.2. The molecule has 0 spiro atoms. The average Bonchev–Trinajstić information content (AvgIpc) is 3.24. The predicted molar refractivity (Wildman–Crippen MR) is 143 cm³/mol. The largest absolute Gasteiger partial charge is 0.508 e. The molecule has 1 aromatic heterocycles. The number of carbonyl (C=O) groups excluding carboxylic acids is 3. The van der Waals surface area contributed by atoms with Crippen molar-refractivity contribution in [2.45, 2.75) is 45.7 Å².